The average Bonchev–Trinajstić information content (AvgIpc) is 2.27. The zero-order chi connectivity index (χ0) is 11.1. The molecule has 1 aromatic rings. The highest BCUT2D eigenvalue weighted by Gasteiger charge is 2.00. The lowest BCUT2D eigenvalue weighted by Crippen LogP contribution is -1.97. The molecule has 0 amide bonds. The largest absolute Gasteiger partial charge is 0.466 e. The third kappa shape index (κ3) is 4.70. The molecule has 0 N–H and O–H groups in total. The molecule has 15 heavy (non-hydrogen) atoms. The SMILES string of the molecule is COC(=O)/C=C/C(C)Sc1ccccc1. The molecule has 0 saturated heterocycles. The lowest BCUT2D eigenvalue weighted by atomic mass is 10.4. The quantitative estimate of drug-likeness (QED) is 0.445. The molecule has 0 bridgehead atoms. The Morgan fingerprint density at radius 1 is 1.40 bits per heavy atom. The van der Waals surface area contributed by atoms with Crippen LogP contribution < -0.4 is 0 Å². The van der Waals surface area contributed by atoms with E-state index in [0.717, 1.165) is 0 Å². The number of rotatable bonds is 4. The highest BCUT2D eigenvalue weighted by molar-refractivity contribution is 8.00. The number of hydrogen-bond acceptors (Lipinski definition) is 3. The first kappa shape index (κ1) is 11.9. The predicted octanol–water partition coefficient (Wildman–Crippen LogP) is 2.90. The maximum absolute atomic E-state index is 10.9. The lowest BCUT2D eigenvalue weighted by Gasteiger charge is -2.05. The van der Waals surface area contributed by atoms with Crippen molar-refractivity contribution < 1.29 is 9.53 Å². The van der Waals surface area contributed by atoms with Crippen molar-refractivity contribution in [3.63, 3.8) is 0 Å². The molecule has 0 radical (unpaired) electrons. The lowest BCUT2D eigenvalue weighted by molar-refractivity contribution is -0.134. The summed E-state index contributed by atoms with van der Waals surface area (Å²) in [5, 5.41) is 0.256. The van der Waals surface area contributed by atoms with Gasteiger partial charge in [0, 0.05) is 16.2 Å². The standard InChI is InChI=1S/C12H14O2S/c1-10(8-9-12(13)14-2)15-11-6-4-3-5-7-11/h3-10H,1-2H3/b9-8+. The molecular formula is C12H14O2S. The molecule has 1 unspecified atom stereocenters. The minimum absolute atomic E-state index is 0.256. The fourth-order valence-corrected chi connectivity index (χ4v) is 1.94. The maximum Gasteiger partial charge on any atom is 0.330 e. The average molecular weight is 222 g/mol. The van der Waals surface area contributed by atoms with Crippen LogP contribution in [0.1, 0.15) is 6.92 Å². The van der Waals surface area contributed by atoms with Gasteiger partial charge in [0.05, 0.1) is 7.11 Å². The molecule has 1 rings (SSSR count). The number of carbonyl (C=O) groups is 1. The van der Waals surface area contributed by atoms with Crippen molar-refractivity contribution in [2.24, 2.45) is 0 Å². The van der Waals surface area contributed by atoms with Crippen LogP contribution in [-0.4, -0.2) is 18.3 Å². The Morgan fingerprint density at radius 3 is 2.67 bits per heavy atom. The van der Waals surface area contributed by atoms with Crippen LogP contribution in [-0.2, 0) is 9.53 Å². The van der Waals surface area contributed by atoms with E-state index >= 15 is 0 Å². The van der Waals surface area contributed by atoms with Crippen LogP contribution >= 0.6 is 11.8 Å². The number of thioether (sulfide) groups is 1. The van der Waals surface area contributed by atoms with E-state index in [1.165, 1.54) is 18.1 Å². The monoisotopic (exact) mass is 222 g/mol. The number of benzene rings is 1. The third-order valence-electron chi connectivity index (χ3n) is 1.77. The van der Waals surface area contributed by atoms with Gasteiger partial charge in [0.15, 0.2) is 0 Å². The van der Waals surface area contributed by atoms with Gasteiger partial charge in [0.25, 0.3) is 0 Å². The normalized spacial score (nSPS) is 12.7. The number of carbonyl (C=O) groups excluding carboxylic acids is 1. The van der Waals surface area contributed by atoms with Crippen LogP contribution in [0.2, 0.25) is 0 Å². The van der Waals surface area contributed by atoms with Gasteiger partial charge >= 0.3 is 5.97 Å². The van der Waals surface area contributed by atoms with Crippen molar-refractivity contribution in [1.82, 2.24) is 0 Å². The summed E-state index contributed by atoms with van der Waals surface area (Å²) in [6.07, 6.45) is 3.30. The molecule has 0 heterocycles. The van der Waals surface area contributed by atoms with Gasteiger partial charge in [-0.05, 0) is 19.1 Å². The van der Waals surface area contributed by atoms with Gasteiger partial charge in [0.2, 0.25) is 0 Å². The molecule has 1 atom stereocenters. The summed E-state index contributed by atoms with van der Waals surface area (Å²) in [5.74, 6) is -0.310. The second-order valence-electron chi connectivity index (χ2n) is 3.02. The molecule has 0 fully saturated rings. The summed E-state index contributed by atoms with van der Waals surface area (Å²) in [6, 6.07) is 10.1. The van der Waals surface area contributed by atoms with Gasteiger partial charge in [-0.1, -0.05) is 24.3 Å². The second kappa shape index (κ2) is 6.30. The van der Waals surface area contributed by atoms with Crippen LogP contribution in [0.5, 0.6) is 0 Å². The van der Waals surface area contributed by atoms with Crippen molar-refractivity contribution in [2.75, 3.05) is 7.11 Å². The predicted molar refractivity (Wildman–Crippen MR) is 62.9 cm³/mol. The van der Waals surface area contributed by atoms with E-state index in [4.69, 9.17) is 0 Å². The van der Waals surface area contributed by atoms with E-state index < -0.39 is 0 Å². The smallest absolute Gasteiger partial charge is 0.330 e. The zero-order valence-corrected chi connectivity index (χ0v) is 9.66. The van der Waals surface area contributed by atoms with E-state index in [2.05, 4.69) is 4.74 Å². The Bertz CT molecular complexity index is 333. The van der Waals surface area contributed by atoms with Crippen LogP contribution in [0.15, 0.2) is 47.4 Å². The fourth-order valence-electron chi connectivity index (χ4n) is 1.04. The van der Waals surface area contributed by atoms with E-state index in [1.54, 1.807) is 11.8 Å². The van der Waals surface area contributed by atoms with E-state index in [-0.39, 0.29) is 11.2 Å². The number of ether oxygens (including phenoxy) is 1. The molecule has 0 aliphatic heterocycles. The third-order valence-corrected chi connectivity index (χ3v) is 2.84. The first-order chi connectivity index (χ1) is 7.22. The molecule has 1 aromatic carbocycles. The van der Waals surface area contributed by atoms with Crippen molar-refractivity contribution in [3.8, 4) is 0 Å². The Kier molecular flexibility index (Phi) is 4.98. The van der Waals surface area contributed by atoms with Crippen molar-refractivity contribution >= 4 is 17.7 Å². The molecule has 0 aliphatic carbocycles. The van der Waals surface area contributed by atoms with Crippen molar-refractivity contribution in [3.05, 3.63) is 42.5 Å². The molecule has 0 aliphatic rings. The molecule has 0 aromatic heterocycles. The summed E-state index contributed by atoms with van der Waals surface area (Å²) < 4.78 is 4.52. The first-order valence-corrected chi connectivity index (χ1v) is 5.58. The molecule has 3 heteroatoms. The Labute approximate surface area is 94.3 Å². The summed E-state index contributed by atoms with van der Waals surface area (Å²) in [4.78, 5) is 12.0. The van der Waals surface area contributed by atoms with E-state index in [9.17, 15) is 4.79 Å². The molecule has 0 saturated carbocycles. The summed E-state index contributed by atoms with van der Waals surface area (Å²) in [6.45, 7) is 2.04. The summed E-state index contributed by atoms with van der Waals surface area (Å²) >= 11 is 1.70. The summed E-state index contributed by atoms with van der Waals surface area (Å²) in [5.41, 5.74) is 0. The number of esters is 1. The van der Waals surface area contributed by atoms with Gasteiger partial charge in [-0.3, -0.25) is 0 Å². The Balaban J connectivity index is 2.46. The van der Waals surface area contributed by atoms with Gasteiger partial charge < -0.3 is 4.74 Å². The Morgan fingerprint density at radius 2 is 2.07 bits per heavy atom. The summed E-state index contributed by atoms with van der Waals surface area (Å²) in [7, 11) is 1.38. The van der Waals surface area contributed by atoms with Gasteiger partial charge in [-0.25, -0.2) is 4.79 Å². The van der Waals surface area contributed by atoms with Gasteiger partial charge in [0.1, 0.15) is 0 Å². The highest BCUT2D eigenvalue weighted by atomic mass is 32.2. The molecular weight excluding hydrogens is 208 g/mol. The molecule has 80 valence electrons. The number of hydrogen-bond donors (Lipinski definition) is 0. The topological polar surface area (TPSA) is 26.3 Å². The van der Waals surface area contributed by atoms with Crippen molar-refractivity contribution in [1.29, 1.82) is 0 Å². The Hall–Kier alpha value is -1.22. The second-order valence-corrected chi connectivity index (χ2v) is 4.47. The van der Waals surface area contributed by atoms with Gasteiger partial charge in [-0.2, -0.15) is 0 Å². The highest BCUT2D eigenvalue weighted by Crippen LogP contribution is 2.23. The van der Waals surface area contributed by atoms with Crippen LogP contribution in [0, 0.1) is 0 Å². The maximum atomic E-state index is 10.9. The zero-order valence-electron chi connectivity index (χ0n) is 8.84. The molecule has 0 spiro atoms. The van der Waals surface area contributed by atoms with Crippen LogP contribution in [0.25, 0.3) is 0 Å². The minimum atomic E-state index is -0.310. The minimum Gasteiger partial charge on any atom is -0.466 e. The first-order valence-electron chi connectivity index (χ1n) is 4.70. The van der Waals surface area contributed by atoms with E-state index in [1.807, 2.05) is 43.3 Å². The van der Waals surface area contributed by atoms with Crippen LogP contribution in [0.3, 0.4) is 0 Å². The van der Waals surface area contributed by atoms with E-state index in [0.29, 0.717) is 0 Å². The number of methoxy groups -OCH3 is 1. The fraction of sp³-hybridized carbons (Fsp3) is 0.250. The molecule has 2 nitrogen and oxygen atoms in total. The van der Waals surface area contributed by atoms with Crippen LogP contribution in [0.4, 0.5) is 0 Å². The van der Waals surface area contributed by atoms with Crippen molar-refractivity contribution in [2.45, 2.75) is 17.1 Å². The van der Waals surface area contributed by atoms with Gasteiger partial charge in [-0.15, -0.1) is 11.8 Å².